The summed E-state index contributed by atoms with van der Waals surface area (Å²) in [6, 6.07) is 16.8. The van der Waals surface area contributed by atoms with Crippen LogP contribution < -0.4 is 15.4 Å². The highest BCUT2D eigenvalue weighted by atomic mass is 16.5. The smallest absolute Gasteiger partial charge is 0.331 e. The van der Waals surface area contributed by atoms with Gasteiger partial charge in [0.05, 0.1) is 12.9 Å². The Kier molecular flexibility index (Phi) is 7.80. The van der Waals surface area contributed by atoms with E-state index in [0.717, 1.165) is 5.75 Å². The number of benzene rings is 2. The van der Waals surface area contributed by atoms with Gasteiger partial charge in [0.25, 0.3) is 11.8 Å². The summed E-state index contributed by atoms with van der Waals surface area (Å²) in [4.78, 5) is 36.0. The van der Waals surface area contributed by atoms with E-state index in [-0.39, 0.29) is 5.91 Å². The van der Waals surface area contributed by atoms with Crippen molar-refractivity contribution >= 4 is 35.2 Å². The predicted octanol–water partition coefficient (Wildman–Crippen LogP) is 4.13. The van der Waals surface area contributed by atoms with Crippen LogP contribution in [0.4, 0.5) is 11.4 Å². The number of rotatable bonds is 9. The molecule has 1 heterocycles. The Hall–Kier alpha value is -4.33. The number of amides is 2. The maximum absolute atomic E-state index is 12.4. The van der Waals surface area contributed by atoms with Gasteiger partial charge < -0.3 is 24.5 Å². The molecular formula is C24H22N2O6. The van der Waals surface area contributed by atoms with Gasteiger partial charge in [-0.2, -0.15) is 0 Å². The predicted molar refractivity (Wildman–Crippen MR) is 119 cm³/mol. The van der Waals surface area contributed by atoms with Gasteiger partial charge in [0.1, 0.15) is 11.5 Å². The second-order valence-electron chi connectivity index (χ2n) is 6.49. The number of nitrogens with one attached hydrogen (secondary N) is 2. The van der Waals surface area contributed by atoms with E-state index in [1.807, 2.05) is 6.92 Å². The zero-order valence-corrected chi connectivity index (χ0v) is 17.4. The van der Waals surface area contributed by atoms with Crippen LogP contribution in [0.5, 0.6) is 5.75 Å². The van der Waals surface area contributed by atoms with Crippen LogP contribution >= 0.6 is 0 Å². The molecule has 8 nitrogen and oxygen atoms in total. The molecule has 32 heavy (non-hydrogen) atoms. The van der Waals surface area contributed by atoms with Gasteiger partial charge in [-0.25, -0.2) is 4.79 Å². The molecule has 0 aliphatic carbocycles. The standard InChI is InChI=1S/C24H22N2O6/c1-2-30-21-11-9-19(10-12-21)26-24(29)17-5-7-18(8-6-17)25-22(27)16-32-23(28)14-13-20-4-3-15-31-20/h3-15H,2,16H2,1H3,(H,25,27)(H,26,29)/b14-13+. The number of ether oxygens (including phenoxy) is 2. The maximum atomic E-state index is 12.4. The summed E-state index contributed by atoms with van der Waals surface area (Å²) in [7, 11) is 0. The van der Waals surface area contributed by atoms with Crippen LogP contribution in [0.15, 0.2) is 77.4 Å². The molecule has 164 valence electrons. The molecule has 2 aromatic carbocycles. The first-order chi connectivity index (χ1) is 15.5. The van der Waals surface area contributed by atoms with Crippen molar-refractivity contribution in [2.75, 3.05) is 23.8 Å². The Morgan fingerprint density at radius 2 is 1.62 bits per heavy atom. The summed E-state index contributed by atoms with van der Waals surface area (Å²) in [5, 5.41) is 5.39. The van der Waals surface area contributed by atoms with E-state index in [0.29, 0.717) is 29.3 Å². The molecule has 3 rings (SSSR count). The van der Waals surface area contributed by atoms with Crippen molar-refractivity contribution < 1.29 is 28.3 Å². The number of hydrogen-bond acceptors (Lipinski definition) is 6. The van der Waals surface area contributed by atoms with Gasteiger partial charge in [-0.1, -0.05) is 0 Å². The fourth-order valence-corrected chi connectivity index (χ4v) is 2.63. The summed E-state index contributed by atoms with van der Waals surface area (Å²) >= 11 is 0. The fraction of sp³-hybridized carbons (Fsp3) is 0.125. The molecule has 0 saturated heterocycles. The molecule has 1 aromatic heterocycles. The summed E-state index contributed by atoms with van der Waals surface area (Å²) in [5.41, 5.74) is 1.53. The normalized spacial score (nSPS) is 10.5. The van der Waals surface area contributed by atoms with Crippen molar-refractivity contribution in [1.29, 1.82) is 0 Å². The van der Waals surface area contributed by atoms with Gasteiger partial charge in [0.15, 0.2) is 6.61 Å². The first-order valence-electron chi connectivity index (χ1n) is 9.86. The molecule has 0 spiro atoms. The number of esters is 1. The van der Waals surface area contributed by atoms with E-state index in [9.17, 15) is 14.4 Å². The van der Waals surface area contributed by atoms with Crippen LogP contribution in [-0.2, 0) is 14.3 Å². The fourth-order valence-electron chi connectivity index (χ4n) is 2.63. The summed E-state index contributed by atoms with van der Waals surface area (Å²) in [5.74, 6) is -0.235. The zero-order valence-electron chi connectivity index (χ0n) is 17.4. The highest BCUT2D eigenvalue weighted by molar-refractivity contribution is 6.04. The third-order valence-electron chi connectivity index (χ3n) is 4.13. The third-order valence-corrected chi connectivity index (χ3v) is 4.13. The molecule has 0 radical (unpaired) electrons. The number of anilines is 2. The molecule has 0 saturated carbocycles. The van der Waals surface area contributed by atoms with Gasteiger partial charge in [0.2, 0.25) is 0 Å². The van der Waals surface area contributed by atoms with Gasteiger partial charge in [0, 0.05) is 23.0 Å². The number of hydrogen-bond donors (Lipinski definition) is 2. The second kappa shape index (κ2) is 11.2. The number of carbonyl (C=O) groups is 3. The SMILES string of the molecule is CCOc1ccc(NC(=O)c2ccc(NC(=O)COC(=O)/C=C/c3ccco3)cc2)cc1. The lowest BCUT2D eigenvalue weighted by molar-refractivity contribution is -0.142. The van der Waals surface area contributed by atoms with E-state index in [1.165, 1.54) is 18.4 Å². The average Bonchev–Trinajstić information content (AvgIpc) is 3.32. The van der Waals surface area contributed by atoms with E-state index in [4.69, 9.17) is 13.9 Å². The molecule has 0 aliphatic rings. The molecule has 0 fully saturated rings. The molecule has 3 aromatic rings. The molecular weight excluding hydrogens is 412 g/mol. The van der Waals surface area contributed by atoms with Crippen molar-refractivity contribution in [3.63, 3.8) is 0 Å². The van der Waals surface area contributed by atoms with Crippen molar-refractivity contribution in [2.24, 2.45) is 0 Å². The van der Waals surface area contributed by atoms with Gasteiger partial charge in [-0.05, 0) is 73.7 Å². The van der Waals surface area contributed by atoms with Crippen molar-refractivity contribution in [3.05, 3.63) is 84.3 Å². The quantitative estimate of drug-likeness (QED) is 0.387. The second-order valence-corrected chi connectivity index (χ2v) is 6.49. The minimum Gasteiger partial charge on any atom is -0.494 e. The largest absolute Gasteiger partial charge is 0.494 e. The summed E-state index contributed by atoms with van der Waals surface area (Å²) < 4.78 is 15.3. The van der Waals surface area contributed by atoms with Gasteiger partial charge in [-0.15, -0.1) is 0 Å². The number of carbonyl (C=O) groups excluding carboxylic acids is 3. The first kappa shape index (κ1) is 22.4. The Bertz CT molecular complexity index is 1070. The molecule has 2 N–H and O–H groups in total. The average molecular weight is 434 g/mol. The molecule has 0 unspecified atom stereocenters. The van der Waals surface area contributed by atoms with Crippen molar-refractivity contribution in [3.8, 4) is 5.75 Å². The molecule has 8 heteroatoms. The molecule has 2 amide bonds. The molecule has 0 atom stereocenters. The molecule has 0 bridgehead atoms. The van der Waals surface area contributed by atoms with Crippen LogP contribution in [0.25, 0.3) is 6.08 Å². The van der Waals surface area contributed by atoms with Crippen LogP contribution in [0.1, 0.15) is 23.0 Å². The highest BCUT2D eigenvalue weighted by Gasteiger charge is 2.09. The number of furan rings is 1. The topological polar surface area (TPSA) is 107 Å². The zero-order chi connectivity index (χ0) is 22.8. The minimum absolute atomic E-state index is 0.288. The molecule has 0 aliphatic heterocycles. The van der Waals surface area contributed by atoms with Gasteiger partial charge >= 0.3 is 5.97 Å². The Morgan fingerprint density at radius 1 is 0.938 bits per heavy atom. The van der Waals surface area contributed by atoms with Crippen LogP contribution in [0.3, 0.4) is 0 Å². The van der Waals surface area contributed by atoms with Crippen LogP contribution in [-0.4, -0.2) is 31.0 Å². The first-order valence-corrected chi connectivity index (χ1v) is 9.86. The van der Waals surface area contributed by atoms with E-state index in [2.05, 4.69) is 10.6 Å². The minimum atomic E-state index is -0.669. The Morgan fingerprint density at radius 3 is 2.28 bits per heavy atom. The lowest BCUT2D eigenvalue weighted by Crippen LogP contribution is -2.20. The van der Waals surface area contributed by atoms with Gasteiger partial charge in [-0.3, -0.25) is 9.59 Å². The third kappa shape index (κ3) is 6.88. The van der Waals surface area contributed by atoms with E-state index >= 15 is 0 Å². The van der Waals surface area contributed by atoms with Crippen LogP contribution in [0, 0.1) is 0 Å². The summed E-state index contributed by atoms with van der Waals surface area (Å²) in [6.07, 6.45) is 4.09. The van der Waals surface area contributed by atoms with E-state index in [1.54, 1.807) is 60.7 Å². The van der Waals surface area contributed by atoms with Crippen LogP contribution in [0.2, 0.25) is 0 Å². The summed E-state index contributed by atoms with van der Waals surface area (Å²) in [6.45, 7) is 2.02. The highest BCUT2D eigenvalue weighted by Crippen LogP contribution is 2.17. The van der Waals surface area contributed by atoms with E-state index < -0.39 is 18.5 Å². The maximum Gasteiger partial charge on any atom is 0.331 e. The monoisotopic (exact) mass is 434 g/mol. The Labute approximate surface area is 184 Å². The van der Waals surface area contributed by atoms with Crippen molar-refractivity contribution in [1.82, 2.24) is 0 Å². The lowest BCUT2D eigenvalue weighted by atomic mass is 10.2. The van der Waals surface area contributed by atoms with Crippen molar-refractivity contribution in [2.45, 2.75) is 6.92 Å². The Balaban J connectivity index is 1.45. The lowest BCUT2D eigenvalue weighted by Gasteiger charge is -2.09.